The molecule has 27 heavy (non-hydrogen) atoms. The SMILES string of the molecule is CCCn1c(SCC(=O)c2ccc(O)c(O)c2)nc2cc(Cl)ccc2c1=O. The quantitative estimate of drug-likeness (QED) is 0.280. The van der Waals surface area contributed by atoms with E-state index in [9.17, 15) is 19.8 Å². The van der Waals surface area contributed by atoms with Crippen LogP contribution in [0.1, 0.15) is 23.7 Å². The molecule has 0 fully saturated rings. The number of aromatic hydroxyl groups is 2. The molecule has 0 unspecified atom stereocenters. The van der Waals surface area contributed by atoms with Gasteiger partial charge in [0.05, 0.1) is 16.7 Å². The van der Waals surface area contributed by atoms with E-state index < -0.39 is 0 Å². The molecule has 0 aliphatic rings. The van der Waals surface area contributed by atoms with E-state index in [1.807, 2.05) is 6.92 Å². The minimum atomic E-state index is -0.354. The van der Waals surface area contributed by atoms with Crippen LogP contribution in [0.4, 0.5) is 0 Å². The molecule has 0 amide bonds. The van der Waals surface area contributed by atoms with E-state index in [0.29, 0.717) is 27.6 Å². The van der Waals surface area contributed by atoms with E-state index >= 15 is 0 Å². The molecule has 0 atom stereocenters. The first kappa shape index (κ1) is 19.3. The van der Waals surface area contributed by atoms with Crippen molar-refractivity contribution in [3.05, 3.63) is 57.3 Å². The topological polar surface area (TPSA) is 92.4 Å². The van der Waals surface area contributed by atoms with Gasteiger partial charge in [0.2, 0.25) is 0 Å². The van der Waals surface area contributed by atoms with Gasteiger partial charge in [-0.25, -0.2) is 4.98 Å². The summed E-state index contributed by atoms with van der Waals surface area (Å²) in [5.74, 6) is -0.859. The molecule has 0 saturated heterocycles. The number of carbonyl (C=O) groups excluding carboxylic acids is 1. The average Bonchev–Trinajstić information content (AvgIpc) is 2.64. The van der Waals surface area contributed by atoms with Gasteiger partial charge in [0, 0.05) is 17.1 Å². The Bertz CT molecular complexity index is 1080. The molecule has 6 nitrogen and oxygen atoms in total. The Morgan fingerprint density at radius 2 is 1.96 bits per heavy atom. The molecule has 2 N–H and O–H groups in total. The van der Waals surface area contributed by atoms with Crippen LogP contribution in [0.25, 0.3) is 10.9 Å². The van der Waals surface area contributed by atoms with E-state index in [1.165, 1.54) is 18.2 Å². The molecule has 0 spiro atoms. The standard InChI is InChI=1S/C19H17ClN2O4S/c1-2-7-22-18(26)13-5-4-12(20)9-14(13)21-19(22)27-10-17(25)11-3-6-15(23)16(24)8-11/h3-6,8-9,23-24H,2,7,10H2,1H3. The third-order valence-electron chi connectivity index (χ3n) is 3.96. The number of ketones is 1. The number of fused-ring (bicyclic) bond motifs is 1. The van der Waals surface area contributed by atoms with Crippen LogP contribution in [-0.2, 0) is 6.54 Å². The molecule has 8 heteroatoms. The van der Waals surface area contributed by atoms with E-state index in [1.54, 1.807) is 22.8 Å². The smallest absolute Gasteiger partial charge is 0.262 e. The first-order valence-electron chi connectivity index (χ1n) is 8.28. The maximum atomic E-state index is 12.8. The highest BCUT2D eigenvalue weighted by molar-refractivity contribution is 7.99. The summed E-state index contributed by atoms with van der Waals surface area (Å²) in [4.78, 5) is 29.7. The summed E-state index contributed by atoms with van der Waals surface area (Å²) in [6.45, 7) is 2.44. The molecule has 0 saturated carbocycles. The summed E-state index contributed by atoms with van der Waals surface area (Å²) in [6.07, 6.45) is 0.744. The summed E-state index contributed by atoms with van der Waals surface area (Å²) in [6, 6.07) is 8.83. The summed E-state index contributed by atoms with van der Waals surface area (Å²) in [5, 5.41) is 20.3. The lowest BCUT2D eigenvalue weighted by Crippen LogP contribution is -2.23. The number of thioether (sulfide) groups is 1. The summed E-state index contributed by atoms with van der Waals surface area (Å²) < 4.78 is 1.56. The fourth-order valence-corrected chi connectivity index (χ4v) is 3.70. The highest BCUT2D eigenvalue weighted by Gasteiger charge is 2.15. The van der Waals surface area contributed by atoms with Crippen molar-refractivity contribution in [2.45, 2.75) is 25.0 Å². The second kappa shape index (κ2) is 8.02. The van der Waals surface area contributed by atoms with Crippen molar-refractivity contribution in [3.63, 3.8) is 0 Å². The molecule has 1 heterocycles. The minimum Gasteiger partial charge on any atom is -0.504 e. The van der Waals surface area contributed by atoms with Gasteiger partial charge in [-0.3, -0.25) is 14.2 Å². The summed E-state index contributed by atoms with van der Waals surface area (Å²) >= 11 is 7.16. The van der Waals surface area contributed by atoms with Crippen molar-refractivity contribution >= 4 is 40.0 Å². The van der Waals surface area contributed by atoms with Crippen molar-refractivity contribution in [3.8, 4) is 11.5 Å². The Labute approximate surface area is 164 Å². The third-order valence-corrected chi connectivity index (χ3v) is 5.17. The van der Waals surface area contributed by atoms with E-state index in [4.69, 9.17) is 11.6 Å². The first-order chi connectivity index (χ1) is 12.9. The number of halogens is 1. The number of carbonyl (C=O) groups is 1. The number of phenolic OH excluding ortho intramolecular Hbond substituents is 2. The van der Waals surface area contributed by atoms with Gasteiger partial charge in [-0.05, 0) is 42.8 Å². The second-order valence-electron chi connectivity index (χ2n) is 5.93. The number of hydrogen-bond acceptors (Lipinski definition) is 6. The zero-order valence-corrected chi connectivity index (χ0v) is 16.0. The Balaban J connectivity index is 1.93. The number of Topliss-reactive ketones (excluding diaryl/α,β-unsaturated/α-hetero) is 1. The maximum absolute atomic E-state index is 12.8. The van der Waals surface area contributed by atoms with Gasteiger partial charge in [-0.2, -0.15) is 0 Å². The van der Waals surface area contributed by atoms with Crippen LogP contribution in [0.2, 0.25) is 5.02 Å². The summed E-state index contributed by atoms with van der Waals surface area (Å²) in [5.41, 5.74) is 0.582. The second-order valence-corrected chi connectivity index (χ2v) is 7.31. The monoisotopic (exact) mass is 404 g/mol. The average molecular weight is 405 g/mol. The van der Waals surface area contributed by atoms with Crippen molar-refractivity contribution in [2.24, 2.45) is 0 Å². The van der Waals surface area contributed by atoms with Crippen molar-refractivity contribution in [2.75, 3.05) is 5.75 Å². The third kappa shape index (κ3) is 4.09. The predicted molar refractivity (Wildman–Crippen MR) is 106 cm³/mol. The van der Waals surface area contributed by atoms with Crippen LogP contribution in [-0.4, -0.2) is 31.3 Å². The highest BCUT2D eigenvalue weighted by Crippen LogP contribution is 2.26. The van der Waals surface area contributed by atoms with Crippen LogP contribution >= 0.6 is 23.4 Å². The van der Waals surface area contributed by atoms with Crippen LogP contribution in [0.3, 0.4) is 0 Å². The largest absolute Gasteiger partial charge is 0.504 e. The molecule has 140 valence electrons. The minimum absolute atomic E-state index is 0.0342. The predicted octanol–water partition coefficient (Wildman–Crippen LogP) is 3.85. The molecule has 3 rings (SSSR count). The molecular formula is C19H17ClN2O4S. The number of benzene rings is 2. The Morgan fingerprint density at radius 3 is 2.67 bits per heavy atom. The van der Waals surface area contributed by atoms with Crippen molar-refractivity contribution < 1.29 is 15.0 Å². The van der Waals surface area contributed by atoms with Crippen molar-refractivity contribution in [1.29, 1.82) is 0 Å². The number of hydrogen-bond donors (Lipinski definition) is 2. The van der Waals surface area contributed by atoms with Crippen LogP contribution in [0, 0.1) is 0 Å². The summed E-state index contributed by atoms with van der Waals surface area (Å²) in [7, 11) is 0. The van der Waals surface area contributed by atoms with E-state index in [-0.39, 0.29) is 34.2 Å². The molecule has 1 aromatic heterocycles. The zero-order chi connectivity index (χ0) is 19.6. The van der Waals surface area contributed by atoms with Gasteiger partial charge < -0.3 is 10.2 Å². The Hall–Kier alpha value is -2.51. The van der Waals surface area contributed by atoms with Crippen LogP contribution in [0.15, 0.2) is 46.3 Å². The lowest BCUT2D eigenvalue weighted by Gasteiger charge is -2.12. The van der Waals surface area contributed by atoms with Crippen LogP contribution in [0.5, 0.6) is 11.5 Å². The number of aromatic nitrogens is 2. The van der Waals surface area contributed by atoms with E-state index in [2.05, 4.69) is 4.98 Å². The Kier molecular flexibility index (Phi) is 5.72. The first-order valence-corrected chi connectivity index (χ1v) is 9.65. The number of phenols is 2. The lowest BCUT2D eigenvalue weighted by molar-refractivity contribution is 0.102. The molecular weight excluding hydrogens is 388 g/mol. The van der Waals surface area contributed by atoms with Gasteiger partial charge in [0.1, 0.15) is 0 Å². The van der Waals surface area contributed by atoms with Crippen LogP contribution < -0.4 is 5.56 Å². The van der Waals surface area contributed by atoms with Gasteiger partial charge in [0.25, 0.3) is 5.56 Å². The van der Waals surface area contributed by atoms with Gasteiger partial charge in [-0.15, -0.1) is 0 Å². The molecule has 0 bridgehead atoms. The Morgan fingerprint density at radius 1 is 1.19 bits per heavy atom. The molecule has 0 radical (unpaired) electrons. The molecule has 3 aromatic rings. The maximum Gasteiger partial charge on any atom is 0.262 e. The van der Waals surface area contributed by atoms with Gasteiger partial charge >= 0.3 is 0 Å². The highest BCUT2D eigenvalue weighted by atomic mass is 35.5. The number of rotatable bonds is 6. The molecule has 0 aliphatic carbocycles. The van der Waals surface area contributed by atoms with Crippen molar-refractivity contribution in [1.82, 2.24) is 9.55 Å². The number of nitrogens with zero attached hydrogens (tertiary/aromatic N) is 2. The molecule has 0 aliphatic heterocycles. The fraction of sp³-hybridized carbons (Fsp3) is 0.211. The normalized spacial score (nSPS) is 11.0. The van der Waals surface area contributed by atoms with E-state index in [0.717, 1.165) is 18.2 Å². The zero-order valence-electron chi connectivity index (χ0n) is 14.5. The van der Waals surface area contributed by atoms with Gasteiger partial charge in [-0.1, -0.05) is 30.3 Å². The fourth-order valence-electron chi connectivity index (χ4n) is 2.62. The van der Waals surface area contributed by atoms with Gasteiger partial charge in [0.15, 0.2) is 22.4 Å². The molecule has 2 aromatic carbocycles. The lowest BCUT2D eigenvalue weighted by atomic mass is 10.1.